The van der Waals surface area contributed by atoms with Crippen molar-refractivity contribution in [2.24, 2.45) is 0 Å². The number of rotatable bonds is 5. The Morgan fingerprint density at radius 2 is 1.95 bits per heavy atom. The minimum atomic E-state index is -0.530. The molecule has 4 heteroatoms. The summed E-state index contributed by atoms with van der Waals surface area (Å²) in [5.41, 5.74) is 0.639. The highest BCUT2D eigenvalue weighted by Gasteiger charge is 2.24. The number of hydrogen-bond acceptors (Lipinski definition) is 2. The Hall–Kier alpha value is -2.10. The van der Waals surface area contributed by atoms with Crippen LogP contribution in [0.15, 0.2) is 36.4 Å². The molecule has 2 aromatic carbocycles. The summed E-state index contributed by atoms with van der Waals surface area (Å²) < 4.78 is 17.6. The van der Waals surface area contributed by atoms with Crippen LogP contribution >= 0.6 is 0 Å². The number of halogens is 1. The van der Waals surface area contributed by atoms with Crippen molar-refractivity contribution < 1.29 is 13.9 Å². The first-order valence-electron chi connectivity index (χ1n) is 6.81. The minimum absolute atomic E-state index is 0.0254. The molecular weight excluding hydrogens is 257 g/mol. The predicted octanol–water partition coefficient (Wildman–Crippen LogP) is 3.08. The molecule has 1 amide bonds. The fraction of sp³-hybridized carbons (Fsp3) is 0.312. The van der Waals surface area contributed by atoms with Gasteiger partial charge in [0.1, 0.15) is 19.0 Å². The largest absolute Gasteiger partial charge is 0.490 e. The molecule has 1 aliphatic carbocycles. The lowest BCUT2D eigenvalue weighted by Gasteiger charge is -2.11. The summed E-state index contributed by atoms with van der Waals surface area (Å²) in [6, 6.07) is 11.3. The molecule has 0 aliphatic heterocycles. The highest BCUT2D eigenvalue weighted by molar-refractivity contribution is 6.08. The van der Waals surface area contributed by atoms with Crippen LogP contribution in [0.5, 0.6) is 5.75 Å². The van der Waals surface area contributed by atoms with Gasteiger partial charge in [0, 0.05) is 17.0 Å². The Labute approximate surface area is 116 Å². The van der Waals surface area contributed by atoms with Crippen LogP contribution in [-0.2, 0) is 0 Å². The van der Waals surface area contributed by atoms with E-state index in [2.05, 4.69) is 5.32 Å². The van der Waals surface area contributed by atoms with Gasteiger partial charge in [0.25, 0.3) is 5.91 Å². The van der Waals surface area contributed by atoms with Gasteiger partial charge >= 0.3 is 0 Å². The first kappa shape index (κ1) is 12.9. The lowest BCUT2D eigenvalue weighted by molar-refractivity contribution is 0.0952. The second-order valence-corrected chi connectivity index (χ2v) is 4.94. The van der Waals surface area contributed by atoms with Gasteiger partial charge in [-0.15, -0.1) is 0 Å². The Bertz CT molecular complexity index is 637. The van der Waals surface area contributed by atoms with Gasteiger partial charge in [-0.3, -0.25) is 4.79 Å². The summed E-state index contributed by atoms with van der Waals surface area (Å²) in [5.74, 6) is 0.557. The van der Waals surface area contributed by atoms with Gasteiger partial charge in [0.15, 0.2) is 0 Å². The molecule has 0 bridgehead atoms. The molecule has 1 N–H and O–H groups in total. The predicted molar refractivity (Wildman–Crippen MR) is 75.9 cm³/mol. The zero-order chi connectivity index (χ0) is 13.9. The van der Waals surface area contributed by atoms with Gasteiger partial charge in [-0.25, -0.2) is 4.39 Å². The topological polar surface area (TPSA) is 38.3 Å². The minimum Gasteiger partial charge on any atom is -0.490 e. The molecule has 1 saturated carbocycles. The SMILES string of the molecule is O=C(NC1CC1)c1ccc(OCCF)c2ccccc12. The van der Waals surface area contributed by atoms with E-state index in [4.69, 9.17) is 4.74 Å². The highest BCUT2D eigenvalue weighted by atomic mass is 19.1. The monoisotopic (exact) mass is 273 g/mol. The Kier molecular flexibility index (Phi) is 3.54. The molecular formula is C16H16FNO2. The summed E-state index contributed by atoms with van der Waals surface area (Å²) in [6.45, 7) is -0.504. The van der Waals surface area contributed by atoms with Crippen LogP contribution in [0.4, 0.5) is 4.39 Å². The summed E-state index contributed by atoms with van der Waals surface area (Å²) in [4.78, 5) is 12.2. The van der Waals surface area contributed by atoms with E-state index in [1.54, 1.807) is 12.1 Å². The molecule has 0 aromatic heterocycles. The normalized spacial score (nSPS) is 14.2. The van der Waals surface area contributed by atoms with Crippen LogP contribution in [0.3, 0.4) is 0 Å². The summed E-state index contributed by atoms with van der Waals surface area (Å²) in [7, 11) is 0. The smallest absolute Gasteiger partial charge is 0.252 e. The number of fused-ring (bicyclic) bond motifs is 1. The number of benzene rings is 2. The fourth-order valence-electron chi connectivity index (χ4n) is 2.23. The number of alkyl halides is 1. The molecule has 0 atom stereocenters. The van der Waals surface area contributed by atoms with Crippen molar-refractivity contribution in [2.45, 2.75) is 18.9 Å². The number of hydrogen-bond donors (Lipinski definition) is 1. The van der Waals surface area contributed by atoms with Gasteiger partial charge in [-0.1, -0.05) is 24.3 Å². The van der Waals surface area contributed by atoms with Crippen LogP contribution in [0.2, 0.25) is 0 Å². The standard InChI is InChI=1S/C16H16FNO2/c17-9-10-20-15-8-7-14(16(19)18-11-5-6-11)12-3-1-2-4-13(12)15/h1-4,7-8,11H,5-6,9-10H2,(H,18,19). The molecule has 0 unspecified atom stereocenters. The van der Waals surface area contributed by atoms with Crippen LogP contribution < -0.4 is 10.1 Å². The van der Waals surface area contributed by atoms with Crippen molar-refractivity contribution in [3.63, 3.8) is 0 Å². The summed E-state index contributed by atoms with van der Waals surface area (Å²) in [5, 5.41) is 4.66. The van der Waals surface area contributed by atoms with Gasteiger partial charge in [-0.05, 0) is 30.4 Å². The van der Waals surface area contributed by atoms with Gasteiger partial charge < -0.3 is 10.1 Å². The van der Waals surface area contributed by atoms with Crippen LogP contribution in [-0.4, -0.2) is 25.2 Å². The molecule has 0 spiro atoms. The number of ether oxygens (including phenoxy) is 1. The molecule has 2 aromatic rings. The maximum atomic E-state index is 12.2. The molecule has 0 radical (unpaired) electrons. The van der Waals surface area contributed by atoms with Crippen molar-refractivity contribution in [1.29, 1.82) is 0 Å². The van der Waals surface area contributed by atoms with Crippen molar-refractivity contribution in [3.05, 3.63) is 42.0 Å². The van der Waals surface area contributed by atoms with E-state index in [-0.39, 0.29) is 12.5 Å². The maximum Gasteiger partial charge on any atom is 0.252 e. The molecule has 0 saturated heterocycles. The lowest BCUT2D eigenvalue weighted by atomic mass is 10.0. The first-order chi connectivity index (χ1) is 9.79. The molecule has 1 aliphatic rings. The van der Waals surface area contributed by atoms with Crippen LogP contribution in [0, 0.1) is 0 Å². The van der Waals surface area contributed by atoms with Gasteiger partial charge in [0.2, 0.25) is 0 Å². The fourth-order valence-corrected chi connectivity index (χ4v) is 2.23. The molecule has 3 nitrogen and oxygen atoms in total. The van der Waals surface area contributed by atoms with Crippen LogP contribution in [0.1, 0.15) is 23.2 Å². The third-order valence-electron chi connectivity index (χ3n) is 3.38. The zero-order valence-corrected chi connectivity index (χ0v) is 11.1. The third kappa shape index (κ3) is 2.59. The maximum absolute atomic E-state index is 12.2. The van der Waals surface area contributed by atoms with E-state index in [0.717, 1.165) is 23.6 Å². The Morgan fingerprint density at radius 3 is 2.65 bits per heavy atom. The number of carbonyl (C=O) groups excluding carboxylic acids is 1. The van der Waals surface area contributed by atoms with E-state index in [9.17, 15) is 9.18 Å². The van der Waals surface area contributed by atoms with Crippen molar-refractivity contribution in [3.8, 4) is 5.75 Å². The average molecular weight is 273 g/mol. The van der Waals surface area contributed by atoms with Gasteiger partial charge in [0.05, 0.1) is 0 Å². The third-order valence-corrected chi connectivity index (χ3v) is 3.38. The van der Waals surface area contributed by atoms with Gasteiger partial charge in [-0.2, -0.15) is 0 Å². The van der Waals surface area contributed by atoms with E-state index >= 15 is 0 Å². The van der Waals surface area contributed by atoms with E-state index in [0.29, 0.717) is 17.4 Å². The zero-order valence-electron chi connectivity index (χ0n) is 11.1. The van der Waals surface area contributed by atoms with Crippen molar-refractivity contribution in [2.75, 3.05) is 13.3 Å². The Morgan fingerprint density at radius 1 is 1.20 bits per heavy atom. The van der Waals surface area contributed by atoms with Crippen molar-refractivity contribution >= 4 is 16.7 Å². The summed E-state index contributed by atoms with van der Waals surface area (Å²) in [6.07, 6.45) is 2.11. The first-order valence-corrected chi connectivity index (χ1v) is 6.81. The van der Waals surface area contributed by atoms with Crippen LogP contribution in [0.25, 0.3) is 10.8 Å². The molecule has 1 fully saturated rings. The summed E-state index contributed by atoms with van der Waals surface area (Å²) >= 11 is 0. The van der Waals surface area contributed by atoms with Crippen molar-refractivity contribution in [1.82, 2.24) is 5.32 Å². The molecule has 20 heavy (non-hydrogen) atoms. The van der Waals surface area contributed by atoms with E-state index in [1.165, 1.54) is 0 Å². The quantitative estimate of drug-likeness (QED) is 0.909. The van der Waals surface area contributed by atoms with E-state index < -0.39 is 6.67 Å². The molecule has 104 valence electrons. The molecule has 0 heterocycles. The highest BCUT2D eigenvalue weighted by Crippen LogP contribution is 2.29. The number of carbonyl (C=O) groups is 1. The second kappa shape index (κ2) is 5.49. The van der Waals surface area contributed by atoms with E-state index in [1.807, 2.05) is 24.3 Å². The Balaban J connectivity index is 1.98. The number of amides is 1. The average Bonchev–Trinajstić information content (AvgIpc) is 3.28. The lowest BCUT2D eigenvalue weighted by Crippen LogP contribution is -2.25. The second-order valence-electron chi connectivity index (χ2n) is 4.94. The number of nitrogens with one attached hydrogen (secondary N) is 1. The molecule has 3 rings (SSSR count).